The number of rotatable bonds is 5. The second kappa shape index (κ2) is 5.04. The number of hydrogen-bond acceptors (Lipinski definition) is 3. The fourth-order valence-corrected chi connectivity index (χ4v) is 2.17. The van der Waals surface area contributed by atoms with Gasteiger partial charge in [-0.1, -0.05) is 19.1 Å². The highest BCUT2D eigenvalue weighted by Gasteiger charge is 2.23. The molecule has 0 aliphatic carbocycles. The number of thiocarbonyl (C=S) groups is 1. The topological polar surface area (TPSA) is 63.4 Å². The SMILES string of the molecule is CC(CN(C)S(=O)(=O)C(C)C)C(N)=S. The molecule has 0 saturated carbocycles. The molecule has 2 N–H and O–H groups in total. The summed E-state index contributed by atoms with van der Waals surface area (Å²) in [7, 11) is -1.64. The Morgan fingerprint density at radius 3 is 2.14 bits per heavy atom. The molecule has 0 rings (SSSR count). The van der Waals surface area contributed by atoms with E-state index in [4.69, 9.17) is 18.0 Å². The maximum absolute atomic E-state index is 11.6. The Morgan fingerprint density at radius 1 is 1.43 bits per heavy atom. The van der Waals surface area contributed by atoms with Gasteiger partial charge in [0.25, 0.3) is 0 Å². The first-order chi connectivity index (χ1) is 6.19. The molecule has 0 saturated heterocycles. The average molecular weight is 238 g/mol. The standard InChI is InChI=1S/C8H18N2O2S2/c1-6(2)14(11,12)10(4)5-7(3)8(9)13/h6-7H,5H2,1-4H3,(H2,9,13). The summed E-state index contributed by atoms with van der Waals surface area (Å²) in [4.78, 5) is 0.343. The van der Waals surface area contributed by atoms with Crippen LogP contribution >= 0.6 is 12.2 Å². The van der Waals surface area contributed by atoms with E-state index in [0.717, 1.165) is 0 Å². The van der Waals surface area contributed by atoms with E-state index in [9.17, 15) is 8.42 Å². The van der Waals surface area contributed by atoms with Crippen LogP contribution in [0.5, 0.6) is 0 Å². The Hall–Kier alpha value is -0.200. The van der Waals surface area contributed by atoms with Crippen LogP contribution in [0.4, 0.5) is 0 Å². The molecule has 0 aromatic heterocycles. The van der Waals surface area contributed by atoms with Gasteiger partial charge in [-0.05, 0) is 13.8 Å². The Morgan fingerprint density at radius 2 is 1.86 bits per heavy atom. The van der Waals surface area contributed by atoms with Crippen molar-refractivity contribution in [3.63, 3.8) is 0 Å². The molecule has 0 amide bonds. The summed E-state index contributed by atoms with van der Waals surface area (Å²) < 4.78 is 24.6. The van der Waals surface area contributed by atoms with Crippen LogP contribution in [0, 0.1) is 5.92 Å². The molecule has 0 aliphatic heterocycles. The Bertz CT molecular complexity index is 298. The third-order valence-electron chi connectivity index (χ3n) is 2.05. The first kappa shape index (κ1) is 13.8. The van der Waals surface area contributed by atoms with Crippen molar-refractivity contribution < 1.29 is 8.42 Å². The zero-order valence-electron chi connectivity index (χ0n) is 9.02. The summed E-state index contributed by atoms with van der Waals surface area (Å²) >= 11 is 4.78. The first-order valence-corrected chi connectivity index (χ1v) is 6.35. The van der Waals surface area contributed by atoms with Gasteiger partial charge in [0.2, 0.25) is 10.0 Å². The van der Waals surface area contributed by atoms with Gasteiger partial charge in [-0.15, -0.1) is 0 Å². The summed E-state index contributed by atoms with van der Waals surface area (Å²) in [5.74, 6) is -0.0940. The van der Waals surface area contributed by atoms with E-state index in [-0.39, 0.29) is 5.92 Å². The van der Waals surface area contributed by atoms with Crippen molar-refractivity contribution in [2.24, 2.45) is 11.7 Å². The van der Waals surface area contributed by atoms with Crippen LogP contribution in [0.15, 0.2) is 0 Å². The van der Waals surface area contributed by atoms with Gasteiger partial charge in [-0.25, -0.2) is 12.7 Å². The zero-order valence-corrected chi connectivity index (χ0v) is 10.7. The largest absolute Gasteiger partial charge is 0.393 e. The van der Waals surface area contributed by atoms with E-state index in [1.807, 2.05) is 6.92 Å². The first-order valence-electron chi connectivity index (χ1n) is 4.44. The minimum atomic E-state index is -3.19. The van der Waals surface area contributed by atoms with Crippen molar-refractivity contribution in [3.05, 3.63) is 0 Å². The fraction of sp³-hybridized carbons (Fsp3) is 0.875. The molecule has 6 heteroatoms. The monoisotopic (exact) mass is 238 g/mol. The van der Waals surface area contributed by atoms with E-state index in [2.05, 4.69) is 0 Å². The van der Waals surface area contributed by atoms with Gasteiger partial charge < -0.3 is 5.73 Å². The van der Waals surface area contributed by atoms with Gasteiger partial charge in [0, 0.05) is 19.5 Å². The second-order valence-electron chi connectivity index (χ2n) is 3.68. The van der Waals surface area contributed by atoms with Crippen molar-refractivity contribution in [1.82, 2.24) is 4.31 Å². The predicted molar refractivity (Wildman–Crippen MR) is 62.6 cm³/mol. The minimum absolute atomic E-state index is 0.0940. The maximum atomic E-state index is 11.6. The Kier molecular flexibility index (Phi) is 4.97. The molecule has 0 spiro atoms. The van der Waals surface area contributed by atoms with E-state index in [0.29, 0.717) is 11.5 Å². The van der Waals surface area contributed by atoms with Crippen LogP contribution in [-0.4, -0.2) is 36.6 Å². The molecule has 84 valence electrons. The Labute approximate surface area is 91.5 Å². The van der Waals surface area contributed by atoms with Gasteiger partial charge in [-0.3, -0.25) is 0 Å². The van der Waals surface area contributed by atoms with Crippen molar-refractivity contribution in [2.45, 2.75) is 26.0 Å². The number of nitrogens with two attached hydrogens (primary N) is 1. The molecule has 0 radical (unpaired) electrons. The highest BCUT2D eigenvalue weighted by molar-refractivity contribution is 7.89. The summed E-state index contributed by atoms with van der Waals surface area (Å²) in [6, 6.07) is 0. The molecule has 0 fully saturated rings. The summed E-state index contributed by atoms with van der Waals surface area (Å²) in [6.45, 7) is 5.46. The van der Waals surface area contributed by atoms with Crippen LogP contribution in [0.3, 0.4) is 0 Å². The van der Waals surface area contributed by atoms with Crippen molar-refractivity contribution in [2.75, 3.05) is 13.6 Å². The zero-order chi connectivity index (χ0) is 11.5. The Balaban J connectivity index is 4.51. The molecule has 14 heavy (non-hydrogen) atoms. The number of hydrogen-bond donors (Lipinski definition) is 1. The summed E-state index contributed by atoms with van der Waals surface area (Å²) in [5.41, 5.74) is 5.41. The average Bonchev–Trinajstić information content (AvgIpc) is 2.03. The number of sulfonamides is 1. The molecule has 4 nitrogen and oxygen atoms in total. The van der Waals surface area contributed by atoms with Crippen LogP contribution in [0.2, 0.25) is 0 Å². The minimum Gasteiger partial charge on any atom is -0.393 e. The molecule has 1 atom stereocenters. The predicted octanol–water partition coefficient (Wildman–Crippen LogP) is 0.579. The van der Waals surface area contributed by atoms with Crippen LogP contribution in [0.25, 0.3) is 0 Å². The normalized spacial score (nSPS) is 14.7. The van der Waals surface area contributed by atoms with Crippen molar-refractivity contribution in [1.29, 1.82) is 0 Å². The van der Waals surface area contributed by atoms with Gasteiger partial charge in [0.1, 0.15) is 0 Å². The third kappa shape index (κ3) is 3.51. The molecule has 0 bridgehead atoms. The lowest BCUT2D eigenvalue weighted by atomic mass is 10.2. The molecule has 0 aliphatic rings. The molecule has 0 aromatic carbocycles. The van der Waals surface area contributed by atoms with E-state index in [1.54, 1.807) is 20.9 Å². The van der Waals surface area contributed by atoms with Gasteiger partial charge in [-0.2, -0.15) is 0 Å². The van der Waals surface area contributed by atoms with E-state index in [1.165, 1.54) is 4.31 Å². The van der Waals surface area contributed by atoms with Gasteiger partial charge >= 0.3 is 0 Å². The summed E-state index contributed by atoms with van der Waals surface area (Å²) in [6.07, 6.45) is 0. The van der Waals surface area contributed by atoms with Crippen molar-refractivity contribution >= 4 is 27.2 Å². The third-order valence-corrected chi connectivity index (χ3v) is 4.66. The maximum Gasteiger partial charge on any atom is 0.216 e. The molecule has 0 heterocycles. The number of nitrogens with zero attached hydrogens (tertiary/aromatic N) is 1. The quantitative estimate of drug-likeness (QED) is 0.712. The van der Waals surface area contributed by atoms with Crippen LogP contribution in [-0.2, 0) is 10.0 Å². The highest BCUT2D eigenvalue weighted by Crippen LogP contribution is 2.09. The summed E-state index contributed by atoms with van der Waals surface area (Å²) in [5, 5.41) is -0.411. The molecular formula is C8H18N2O2S2. The fourth-order valence-electron chi connectivity index (χ4n) is 0.939. The lowest BCUT2D eigenvalue weighted by Crippen LogP contribution is -2.38. The highest BCUT2D eigenvalue weighted by atomic mass is 32.2. The molecule has 0 aromatic rings. The van der Waals surface area contributed by atoms with Crippen LogP contribution < -0.4 is 5.73 Å². The molecule has 1 unspecified atom stereocenters. The van der Waals surface area contributed by atoms with E-state index >= 15 is 0 Å². The van der Waals surface area contributed by atoms with Crippen molar-refractivity contribution in [3.8, 4) is 0 Å². The van der Waals surface area contributed by atoms with Crippen LogP contribution in [0.1, 0.15) is 20.8 Å². The molecular weight excluding hydrogens is 220 g/mol. The van der Waals surface area contributed by atoms with Gasteiger partial charge in [0.15, 0.2) is 0 Å². The lowest BCUT2D eigenvalue weighted by molar-refractivity contribution is 0.439. The van der Waals surface area contributed by atoms with E-state index < -0.39 is 15.3 Å². The van der Waals surface area contributed by atoms with Gasteiger partial charge in [0.05, 0.1) is 10.2 Å². The second-order valence-corrected chi connectivity index (χ2v) is 6.75. The lowest BCUT2D eigenvalue weighted by Gasteiger charge is -2.22. The smallest absolute Gasteiger partial charge is 0.216 e.